The van der Waals surface area contributed by atoms with Crippen LogP contribution in [0.25, 0.3) is 0 Å². The second-order valence-corrected chi connectivity index (χ2v) is 2.03. The number of thiol groups is 1. The minimum absolute atomic E-state index is 0.140. The highest BCUT2D eigenvalue weighted by molar-refractivity contribution is 7.78. The highest BCUT2D eigenvalue weighted by Crippen LogP contribution is 1.90. The van der Waals surface area contributed by atoms with Gasteiger partial charge in [-0.25, -0.2) is 0 Å². The summed E-state index contributed by atoms with van der Waals surface area (Å²) in [5.41, 5.74) is 4.75. The average Bonchev–Trinajstić information content (AvgIpc) is 1.63. The molecule has 0 rings (SSSR count). The van der Waals surface area contributed by atoms with Crippen molar-refractivity contribution in [1.82, 2.24) is 4.31 Å². The SMILES string of the molecule is CC(=O)N(S)CC(N)=O. The lowest BCUT2D eigenvalue weighted by Gasteiger charge is -2.08. The molecule has 2 N–H and O–H groups in total. The lowest BCUT2D eigenvalue weighted by molar-refractivity contribution is -0.128. The Kier molecular flexibility index (Phi) is 3.08. The molecular formula is C4H8N2O2S. The molecule has 52 valence electrons. The molecule has 0 spiro atoms. The Bertz CT molecular complexity index is 137. The van der Waals surface area contributed by atoms with Gasteiger partial charge in [0.2, 0.25) is 11.8 Å². The first-order chi connectivity index (χ1) is 4.04. The smallest absolute Gasteiger partial charge is 0.238 e. The minimum atomic E-state index is -0.569. The molecule has 0 aromatic heterocycles. The van der Waals surface area contributed by atoms with Crippen LogP contribution in [0.1, 0.15) is 6.92 Å². The third-order valence-electron chi connectivity index (χ3n) is 0.669. The van der Waals surface area contributed by atoms with Crippen LogP contribution in [0.4, 0.5) is 0 Å². The molecule has 0 unspecified atom stereocenters. The number of rotatable bonds is 2. The van der Waals surface area contributed by atoms with Gasteiger partial charge in [0.05, 0.1) is 0 Å². The molecule has 5 heteroatoms. The van der Waals surface area contributed by atoms with E-state index in [1.54, 1.807) is 0 Å². The number of nitrogens with zero attached hydrogens (tertiary/aromatic N) is 1. The zero-order valence-corrected chi connectivity index (χ0v) is 5.89. The summed E-state index contributed by atoms with van der Waals surface area (Å²) in [5.74, 6) is -0.864. The van der Waals surface area contributed by atoms with Gasteiger partial charge in [0.15, 0.2) is 0 Å². The molecular weight excluding hydrogens is 140 g/mol. The van der Waals surface area contributed by atoms with E-state index in [1.165, 1.54) is 6.92 Å². The van der Waals surface area contributed by atoms with Gasteiger partial charge in [-0.3, -0.25) is 13.9 Å². The van der Waals surface area contributed by atoms with Gasteiger partial charge in [0.1, 0.15) is 6.54 Å². The van der Waals surface area contributed by atoms with Crippen molar-refractivity contribution in [3.63, 3.8) is 0 Å². The monoisotopic (exact) mass is 148 g/mol. The predicted octanol–water partition coefficient (Wildman–Crippen LogP) is -0.835. The van der Waals surface area contributed by atoms with Crippen LogP contribution in [-0.2, 0) is 9.59 Å². The summed E-state index contributed by atoms with van der Waals surface area (Å²) in [6, 6.07) is 0. The van der Waals surface area contributed by atoms with Crippen LogP contribution in [0, 0.1) is 0 Å². The van der Waals surface area contributed by atoms with Crippen molar-refractivity contribution in [3.05, 3.63) is 0 Å². The van der Waals surface area contributed by atoms with Crippen molar-refractivity contribution < 1.29 is 9.59 Å². The largest absolute Gasteiger partial charge is 0.368 e. The molecule has 2 amide bonds. The Morgan fingerprint density at radius 2 is 2.11 bits per heavy atom. The molecule has 0 bridgehead atoms. The number of primary amides is 1. The molecule has 9 heavy (non-hydrogen) atoms. The molecule has 0 aliphatic heterocycles. The number of amides is 2. The standard InChI is InChI=1S/C4H8N2O2S/c1-3(7)6(9)2-4(5)8/h9H,2H2,1H3,(H2,5,8). The third kappa shape index (κ3) is 3.84. The van der Waals surface area contributed by atoms with Crippen molar-refractivity contribution in [2.24, 2.45) is 5.73 Å². The summed E-state index contributed by atoms with van der Waals surface area (Å²) in [6.07, 6.45) is 0. The molecule has 0 aromatic carbocycles. The van der Waals surface area contributed by atoms with E-state index in [0.717, 1.165) is 4.31 Å². The summed E-state index contributed by atoms with van der Waals surface area (Å²) in [5, 5.41) is 0. The molecule has 4 nitrogen and oxygen atoms in total. The lowest BCUT2D eigenvalue weighted by atomic mass is 10.6. The fourth-order valence-corrected chi connectivity index (χ4v) is 0.398. The second kappa shape index (κ2) is 3.34. The summed E-state index contributed by atoms with van der Waals surface area (Å²) in [4.78, 5) is 20.4. The molecule has 0 fully saturated rings. The van der Waals surface area contributed by atoms with E-state index in [2.05, 4.69) is 12.8 Å². The van der Waals surface area contributed by atoms with Crippen LogP contribution in [0.2, 0.25) is 0 Å². The van der Waals surface area contributed by atoms with Gasteiger partial charge in [0, 0.05) is 6.92 Å². The Morgan fingerprint density at radius 1 is 1.67 bits per heavy atom. The molecule has 0 saturated carbocycles. The molecule has 0 saturated heterocycles. The van der Waals surface area contributed by atoms with Crippen LogP contribution in [0.15, 0.2) is 0 Å². The highest BCUT2D eigenvalue weighted by Gasteiger charge is 2.04. The zero-order chi connectivity index (χ0) is 7.44. The van der Waals surface area contributed by atoms with Crippen LogP contribution >= 0.6 is 12.8 Å². The summed E-state index contributed by atoms with van der Waals surface area (Å²) >= 11 is 3.65. The van der Waals surface area contributed by atoms with Gasteiger partial charge >= 0.3 is 0 Å². The molecule has 0 aromatic rings. The summed E-state index contributed by atoms with van der Waals surface area (Å²) in [6.45, 7) is 1.16. The third-order valence-corrected chi connectivity index (χ3v) is 1.09. The first-order valence-corrected chi connectivity index (χ1v) is 2.69. The van der Waals surface area contributed by atoms with Crippen molar-refractivity contribution in [3.8, 4) is 0 Å². The lowest BCUT2D eigenvalue weighted by Crippen LogP contribution is -2.30. The fourth-order valence-electron chi connectivity index (χ4n) is 0.259. The topological polar surface area (TPSA) is 63.4 Å². The average molecular weight is 148 g/mol. The fraction of sp³-hybridized carbons (Fsp3) is 0.500. The van der Waals surface area contributed by atoms with Crippen molar-refractivity contribution in [1.29, 1.82) is 0 Å². The van der Waals surface area contributed by atoms with E-state index in [0.29, 0.717) is 0 Å². The van der Waals surface area contributed by atoms with Crippen molar-refractivity contribution >= 4 is 24.6 Å². The Morgan fingerprint density at radius 3 is 2.22 bits per heavy atom. The van der Waals surface area contributed by atoms with Crippen LogP contribution in [0.3, 0.4) is 0 Å². The molecule has 0 heterocycles. The Balaban J connectivity index is 3.63. The van der Waals surface area contributed by atoms with Gasteiger partial charge < -0.3 is 5.73 Å². The van der Waals surface area contributed by atoms with Gasteiger partial charge in [-0.1, -0.05) is 12.8 Å². The van der Waals surface area contributed by atoms with Crippen molar-refractivity contribution in [2.75, 3.05) is 6.54 Å². The molecule has 0 aliphatic carbocycles. The van der Waals surface area contributed by atoms with E-state index >= 15 is 0 Å². The minimum Gasteiger partial charge on any atom is -0.368 e. The van der Waals surface area contributed by atoms with E-state index in [9.17, 15) is 9.59 Å². The number of hydrogen-bond acceptors (Lipinski definition) is 3. The van der Waals surface area contributed by atoms with E-state index < -0.39 is 5.91 Å². The maximum atomic E-state index is 10.3. The molecule has 0 radical (unpaired) electrons. The van der Waals surface area contributed by atoms with Crippen LogP contribution in [0.5, 0.6) is 0 Å². The molecule has 0 atom stereocenters. The van der Waals surface area contributed by atoms with Gasteiger partial charge in [0.25, 0.3) is 0 Å². The van der Waals surface area contributed by atoms with Gasteiger partial charge in [-0.15, -0.1) is 0 Å². The number of carbonyl (C=O) groups is 2. The first kappa shape index (κ1) is 8.29. The summed E-state index contributed by atoms with van der Waals surface area (Å²) < 4.78 is 0.947. The Labute approximate surface area is 58.5 Å². The number of hydrogen-bond donors (Lipinski definition) is 2. The van der Waals surface area contributed by atoms with Gasteiger partial charge in [-0.2, -0.15) is 0 Å². The van der Waals surface area contributed by atoms with Crippen LogP contribution in [-0.4, -0.2) is 22.7 Å². The van der Waals surface area contributed by atoms with E-state index in [1.807, 2.05) is 0 Å². The van der Waals surface area contributed by atoms with Gasteiger partial charge in [-0.05, 0) is 0 Å². The van der Waals surface area contributed by atoms with E-state index in [-0.39, 0.29) is 12.5 Å². The maximum absolute atomic E-state index is 10.3. The van der Waals surface area contributed by atoms with E-state index in [4.69, 9.17) is 5.73 Å². The van der Waals surface area contributed by atoms with Crippen LogP contribution < -0.4 is 5.73 Å². The maximum Gasteiger partial charge on any atom is 0.238 e. The second-order valence-electron chi connectivity index (χ2n) is 1.54. The molecule has 0 aliphatic rings. The predicted molar refractivity (Wildman–Crippen MR) is 35.6 cm³/mol. The first-order valence-electron chi connectivity index (χ1n) is 2.29. The van der Waals surface area contributed by atoms with Crippen molar-refractivity contribution in [2.45, 2.75) is 6.92 Å². The zero-order valence-electron chi connectivity index (χ0n) is 5.00. The quantitative estimate of drug-likeness (QED) is 0.502. The highest BCUT2D eigenvalue weighted by atomic mass is 32.1. The normalized spacial score (nSPS) is 8.67. The number of nitrogens with two attached hydrogens (primary N) is 1. The Hall–Kier alpha value is -0.710. The number of carbonyl (C=O) groups excluding carboxylic acids is 2. The summed E-state index contributed by atoms with van der Waals surface area (Å²) in [7, 11) is 0.